The molecule has 2 N–H and O–H groups in total. The zero-order valence-electron chi connectivity index (χ0n) is 14.9. The second-order valence-corrected chi connectivity index (χ2v) is 6.05. The Kier molecular flexibility index (Phi) is 5.40. The fourth-order valence-corrected chi connectivity index (χ4v) is 2.54. The zero-order chi connectivity index (χ0) is 19.4. The van der Waals surface area contributed by atoms with Gasteiger partial charge in [0, 0.05) is 24.4 Å². The molecule has 1 heterocycles. The van der Waals surface area contributed by atoms with Crippen LogP contribution in [-0.2, 0) is 6.54 Å². The van der Waals surface area contributed by atoms with E-state index in [1.807, 2.05) is 31.2 Å². The number of hydrogen-bond acceptors (Lipinski definition) is 4. The van der Waals surface area contributed by atoms with Gasteiger partial charge < -0.3 is 10.6 Å². The Morgan fingerprint density at radius 2 is 1.78 bits per heavy atom. The smallest absolute Gasteiger partial charge is 0.274 e. The van der Waals surface area contributed by atoms with Crippen molar-refractivity contribution in [3.8, 4) is 0 Å². The van der Waals surface area contributed by atoms with E-state index in [1.54, 1.807) is 6.92 Å². The van der Waals surface area contributed by atoms with E-state index in [4.69, 9.17) is 0 Å². The largest absolute Gasteiger partial charge is 0.366 e. The van der Waals surface area contributed by atoms with Crippen LogP contribution in [-0.4, -0.2) is 15.9 Å². The van der Waals surface area contributed by atoms with Crippen molar-refractivity contribution in [1.29, 1.82) is 0 Å². The fourth-order valence-electron chi connectivity index (χ4n) is 2.54. The van der Waals surface area contributed by atoms with Gasteiger partial charge in [0.05, 0.1) is 0 Å². The number of carbonyl (C=O) groups excluding carboxylic acids is 1. The lowest BCUT2D eigenvalue weighted by molar-refractivity contribution is 0.102. The molecule has 5 nitrogen and oxygen atoms in total. The summed E-state index contributed by atoms with van der Waals surface area (Å²) in [6.07, 6.45) is 0. The van der Waals surface area contributed by atoms with Gasteiger partial charge in [-0.15, -0.1) is 0 Å². The second kappa shape index (κ2) is 7.90. The summed E-state index contributed by atoms with van der Waals surface area (Å²) in [4.78, 5) is 20.8. The third-order valence-electron chi connectivity index (χ3n) is 3.97. The maximum atomic E-state index is 13.3. The molecule has 0 bridgehead atoms. The molecule has 27 heavy (non-hydrogen) atoms. The Morgan fingerprint density at radius 1 is 1.00 bits per heavy atom. The van der Waals surface area contributed by atoms with E-state index in [0.717, 1.165) is 23.3 Å². The molecular formula is C20H18F2N4O. The first kappa shape index (κ1) is 18.4. The van der Waals surface area contributed by atoms with E-state index in [1.165, 1.54) is 12.1 Å². The summed E-state index contributed by atoms with van der Waals surface area (Å²) in [6.45, 7) is 4.24. The summed E-state index contributed by atoms with van der Waals surface area (Å²) in [6, 6.07) is 12.6. The molecule has 0 aliphatic rings. The Labute approximate surface area is 155 Å². The number of aryl methyl sites for hydroxylation is 2. The van der Waals surface area contributed by atoms with Crippen LogP contribution in [0.15, 0.2) is 48.5 Å². The maximum absolute atomic E-state index is 13.3. The second-order valence-electron chi connectivity index (χ2n) is 6.05. The average Bonchev–Trinajstić information content (AvgIpc) is 2.63. The van der Waals surface area contributed by atoms with Crippen LogP contribution in [0.4, 0.5) is 20.3 Å². The molecule has 1 amide bonds. The summed E-state index contributed by atoms with van der Waals surface area (Å²) in [7, 11) is 0. The van der Waals surface area contributed by atoms with Gasteiger partial charge in [0.15, 0.2) is 11.6 Å². The lowest BCUT2D eigenvalue weighted by atomic mass is 10.1. The number of amides is 1. The first-order valence-corrected chi connectivity index (χ1v) is 8.33. The van der Waals surface area contributed by atoms with Crippen molar-refractivity contribution in [3.63, 3.8) is 0 Å². The van der Waals surface area contributed by atoms with Crippen molar-refractivity contribution in [3.05, 3.63) is 82.8 Å². The molecule has 0 unspecified atom stereocenters. The predicted molar refractivity (Wildman–Crippen MR) is 99.6 cm³/mol. The normalized spacial score (nSPS) is 10.5. The van der Waals surface area contributed by atoms with Crippen molar-refractivity contribution >= 4 is 17.4 Å². The van der Waals surface area contributed by atoms with Crippen LogP contribution in [0.25, 0.3) is 0 Å². The summed E-state index contributed by atoms with van der Waals surface area (Å²) < 4.78 is 26.3. The standard InChI is InChI=1S/C20H18F2N4O/c1-12-5-3-4-6-14(12)11-23-19-10-18(24-13(2)25-19)20(27)26-15-7-8-16(21)17(22)9-15/h3-10H,11H2,1-2H3,(H,26,27)(H,23,24,25). The number of carbonyl (C=O) groups is 1. The van der Waals surface area contributed by atoms with E-state index in [-0.39, 0.29) is 11.4 Å². The quantitative estimate of drug-likeness (QED) is 0.707. The van der Waals surface area contributed by atoms with Crippen molar-refractivity contribution in [1.82, 2.24) is 9.97 Å². The number of aromatic nitrogens is 2. The molecule has 0 saturated carbocycles. The minimum atomic E-state index is -1.03. The van der Waals surface area contributed by atoms with Crippen LogP contribution in [0.3, 0.4) is 0 Å². The van der Waals surface area contributed by atoms with Crippen molar-refractivity contribution in [2.75, 3.05) is 10.6 Å². The van der Waals surface area contributed by atoms with Gasteiger partial charge in [-0.25, -0.2) is 18.7 Å². The summed E-state index contributed by atoms with van der Waals surface area (Å²) >= 11 is 0. The van der Waals surface area contributed by atoms with Crippen LogP contribution in [0.1, 0.15) is 27.4 Å². The number of nitrogens with zero attached hydrogens (tertiary/aromatic N) is 2. The maximum Gasteiger partial charge on any atom is 0.274 e. The summed E-state index contributed by atoms with van der Waals surface area (Å²) in [5, 5.41) is 5.68. The Morgan fingerprint density at radius 3 is 2.52 bits per heavy atom. The van der Waals surface area contributed by atoms with E-state index in [0.29, 0.717) is 18.2 Å². The van der Waals surface area contributed by atoms with Crippen LogP contribution < -0.4 is 10.6 Å². The lowest BCUT2D eigenvalue weighted by Crippen LogP contribution is -2.16. The van der Waals surface area contributed by atoms with Gasteiger partial charge in [-0.2, -0.15) is 0 Å². The van der Waals surface area contributed by atoms with Gasteiger partial charge in [-0.1, -0.05) is 24.3 Å². The van der Waals surface area contributed by atoms with Crippen LogP contribution in [0.2, 0.25) is 0 Å². The summed E-state index contributed by atoms with van der Waals surface area (Å²) in [5.41, 5.74) is 2.53. The molecule has 0 spiro atoms. The van der Waals surface area contributed by atoms with Crippen LogP contribution in [0, 0.1) is 25.5 Å². The van der Waals surface area contributed by atoms with Crippen molar-refractivity contribution in [2.24, 2.45) is 0 Å². The fraction of sp³-hybridized carbons (Fsp3) is 0.150. The SMILES string of the molecule is Cc1nc(NCc2ccccc2C)cc(C(=O)Nc2ccc(F)c(F)c2)n1. The molecule has 0 radical (unpaired) electrons. The van der Waals surface area contributed by atoms with Crippen molar-refractivity contribution < 1.29 is 13.6 Å². The highest BCUT2D eigenvalue weighted by molar-refractivity contribution is 6.03. The molecule has 0 fully saturated rings. The van der Waals surface area contributed by atoms with Gasteiger partial charge in [-0.05, 0) is 37.1 Å². The first-order chi connectivity index (χ1) is 12.9. The molecule has 3 rings (SSSR count). The molecule has 1 aromatic heterocycles. The number of halogens is 2. The molecule has 0 saturated heterocycles. The Bertz CT molecular complexity index is 991. The summed E-state index contributed by atoms with van der Waals surface area (Å²) in [5.74, 6) is -1.63. The number of nitrogens with one attached hydrogen (secondary N) is 2. The first-order valence-electron chi connectivity index (χ1n) is 8.33. The highest BCUT2D eigenvalue weighted by atomic mass is 19.2. The molecule has 7 heteroatoms. The third kappa shape index (κ3) is 4.63. The van der Waals surface area contributed by atoms with Gasteiger partial charge >= 0.3 is 0 Å². The van der Waals surface area contributed by atoms with Gasteiger partial charge in [0.2, 0.25) is 0 Å². The Hall–Kier alpha value is -3.35. The van der Waals surface area contributed by atoms with E-state index >= 15 is 0 Å². The van der Waals surface area contributed by atoms with E-state index in [2.05, 4.69) is 20.6 Å². The molecule has 138 valence electrons. The van der Waals surface area contributed by atoms with Gasteiger partial charge in [0.25, 0.3) is 5.91 Å². The third-order valence-corrected chi connectivity index (χ3v) is 3.97. The molecular weight excluding hydrogens is 350 g/mol. The molecule has 0 aliphatic heterocycles. The topological polar surface area (TPSA) is 66.9 Å². The lowest BCUT2D eigenvalue weighted by Gasteiger charge is -2.11. The number of benzene rings is 2. The highest BCUT2D eigenvalue weighted by Crippen LogP contribution is 2.16. The number of anilines is 2. The zero-order valence-corrected chi connectivity index (χ0v) is 14.9. The van der Waals surface area contributed by atoms with Gasteiger partial charge in [0.1, 0.15) is 17.3 Å². The predicted octanol–water partition coefficient (Wildman–Crippen LogP) is 4.24. The van der Waals surface area contributed by atoms with Crippen molar-refractivity contribution in [2.45, 2.75) is 20.4 Å². The monoisotopic (exact) mass is 368 g/mol. The van der Waals surface area contributed by atoms with E-state index < -0.39 is 17.5 Å². The molecule has 2 aromatic carbocycles. The van der Waals surface area contributed by atoms with Crippen LogP contribution >= 0.6 is 0 Å². The highest BCUT2D eigenvalue weighted by Gasteiger charge is 2.12. The van der Waals surface area contributed by atoms with E-state index in [9.17, 15) is 13.6 Å². The average molecular weight is 368 g/mol. The van der Waals surface area contributed by atoms with Gasteiger partial charge in [-0.3, -0.25) is 4.79 Å². The Balaban J connectivity index is 1.75. The molecule has 3 aromatic rings. The number of hydrogen-bond donors (Lipinski definition) is 2. The molecule has 0 atom stereocenters. The minimum absolute atomic E-state index is 0.125. The number of rotatable bonds is 5. The molecule has 0 aliphatic carbocycles. The van der Waals surface area contributed by atoms with Crippen LogP contribution in [0.5, 0.6) is 0 Å². The minimum Gasteiger partial charge on any atom is -0.366 e.